The SMILES string of the molecule is CCCCN(CC(=O)N(Cc1cccn1C)CC(C)C)C(=O)c1ccc(Cl)c([N+](=O)[O-])c1. The summed E-state index contributed by atoms with van der Waals surface area (Å²) < 4.78 is 1.97. The zero-order chi connectivity index (χ0) is 23.8. The summed E-state index contributed by atoms with van der Waals surface area (Å²) in [5.41, 5.74) is 0.811. The Hall–Kier alpha value is -2.87. The van der Waals surface area contributed by atoms with Gasteiger partial charge in [0.25, 0.3) is 11.6 Å². The molecule has 174 valence electrons. The molecule has 1 aromatic carbocycles. The van der Waals surface area contributed by atoms with Gasteiger partial charge in [0.1, 0.15) is 11.6 Å². The van der Waals surface area contributed by atoms with Crippen molar-refractivity contribution in [1.29, 1.82) is 0 Å². The normalized spacial score (nSPS) is 10.9. The van der Waals surface area contributed by atoms with Crippen LogP contribution >= 0.6 is 11.6 Å². The van der Waals surface area contributed by atoms with E-state index in [1.165, 1.54) is 23.1 Å². The predicted octanol–water partition coefficient (Wildman–Crippen LogP) is 4.51. The van der Waals surface area contributed by atoms with E-state index in [0.717, 1.165) is 18.5 Å². The van der Waals surface area contributed by atoms with Crippen LogP contribution in [-0.2, 0) is 18.4 Å². The molecule has 0 N–H and O–H groups in total. The molecule has 0 unspecified atom stereocenters. The van der Waals surface area contributed by atoms with Crippen LogP contribution < -0.4 is 0 Å². The lowest BCUT2D eigenvalue weighted by atomic mass is 10.1. The lowest BCUT2D eigenvalue weighted by molar-refractivity contribution is -0.384. The third-order valence-electron chi connectivity index (χ3n) is 5.13. The third kappa shape index (κ3) is 6.82. The summed E-state index contributed by atoms with van der Waals surface area (Å²) in [4.78, 5) is 40.3. The molecule has 0 atom stereocenters. The van der Waals surface area contributed by atoms with E-state index in [0.29, 0.717) is 19.6 Å². The predicted molar refractivity (Wildman–Crippen MR) is 125 cm³/mol. The Balaban J connectivity index is 2.26. The number of carbonyl (C=O) groups is 2. The molecule has 0 saturated carbocycles. The summed E-state index contributed by atoms with van der Waals surface area (Å²) in [6.45, 7) is 7.38. The number of hydrogen-bond acceptors (Lipinski definition) is 4. The van der Waals surface area contributed by atoms with Crippen molar-refractivity contribution in [2.75, 3.05) is 19.6 Å². The van der Waals surface area contributed by atoms with Crippen molar-refractivity contribution in [3.8, 4) is 0 Å². The van der Waals surface area contributed by atoms with Gasteiger partial charge in [-0.25, -0.2) is 0 Å². The first kappa shape index (κ1) is 25.4. The van der Waals surface area contributed by atoms with E-state index in [1.807, 2.05) is 50.7 Å². The average Bonchev–Trinajstić information content (AvgIpc) is 3.14. The van der Waals surface area contributed by atoms with Gasteiger partial charge in [0.05, 0.1) is 11.5 Å². The molecule has 32 heavy (non-hydrogen) atoms. The molecule has 9 heteroatoms. The smallest absolute Gasteiger partial charge is 0.288 e. The Bertz CT molecular complexity index is 957. The molecule has 8 nitrogen and oxygen atoms in total. The lowest BCUT2D eigenvalue weighted by Crippen LogP contribution is -2.44. The van der Waals surface area contributed by atoms with Gasteiger partial charge in [-0.1, -0.05) is 38.8 Å². The largest absolute Gasteiger partial charge is 0.353 e. The van der Waals surface area contributed by atoms with E-state index in [1.54, 1.807) is 4.90 Å². The molecule has 1 aromatic heterocycles. The molecule has 2 amide bonds. The molecule has 2 aromatic rings. The van der Waals surface area contributed by atoms with Gasteiger partial charge in [-0.15, -0.1) is 0 Å². The van der Waals surface area contributed by atoms with Gasteiger partial charge in [0.15, 0.2) is 0 Å². The number of aromatic nitrogens is 1. The summed E-state index contributed by atoms with van der Waals surface area (Å²) in [6.07, 6.45) is 3.49. The van der Waals surface area contributed by atoms with Gasteiger partial charge in [-0.3, -0.25) is 19.7 Å². The summed E-state index contributed by atoms with van der Waals surface area (Å²) in [6, 6.07) is 7.86. The summed E-state index contributed by atoms with van der Waals surface area (Å²) in [5.74, 6) is -0.319. The standard InChI is InChI=1S/C23H31ClN4O4/c1-5-6-12-26(23(30)18-9-10-20(24)21(13-18)28(31)32)16-22(29)27(14-17(2)3)15-19-8-7-11-25(19)4/h7-11,13,17H,5-6,12,14-16H2,1-4H3. The van der Waals surface area contributed by atoms with Gasteiger partial charge in [0.2, 0.25) is 5.91 Å². The van der Waals surface area contributed by atoms with Crippen LogP contribution in [0.1, 0.15) is 49.7 Å². The van der Waals surface area contributed by atoms with Crippen LogP contribution in [0.2, 0.25) is 5.02 Å². The van der Waals surface area contributed by atoms with E-state index in [9.17, 15) is 19.7 Å². The Kier molecular flexibility index (Phi) is 9.26. The van der Waals surface area contributed by atoms with Gasteiger partial charge < -0.3 is 14.4 Å². The lowest BCUT2D eigenvalue weighted by Gasteiger charge is -2.29. The van der Waals surface area contributed by atoms with E-state index >= 15 is 0 Å². The number of hydrogen-bond donors (Lipinski definition) is 0. The quantitative estimate of drug-likeness (QED) is 0.363. The topological polar surface area (TPSA) is 88.7 Å². The Morgan fingerprint density at radius 2 is 1.94 bits per heavy atom. The highest BCUT2D eigenvalue weighted by molar-refractivity contribution is 6.32. The van der Waals surface area contributed by atoms with Crippen molar-refractivity contribution < 1.29 is 14.5 Å². The fourth-order valence-corrected chi connectivity index (χ4v) is 3.57. The van der Waals surface area contributed by atoms with Crippen LogP contribution in [0.15, 0.2) is 36.5 Å². The number of nitrogens with zero attached hydrogens (tertiary/aromatic N) is 4. The zero-order valence-corrected chi connectivity index (χ0v) is 19.8. The molecular formula is C23H31ClN4O4. The van der Waals surface area contributed by atoms with E-state index in [2.05, 4.69) is 0 Å². The van der Waals surface area contributed by atoms with Crippen molar-refractivity contribution >= 4 is 29.1 Å². The maximum absolute atomic E-state index is 13.2. The van der Waals surface area contributed by atoms with Crippen molar-refractivity contribution in [3.63, 3.8) is 0 Å². The Morgan fingerprint density at radius 1 is 1.22 bits per heavy atom. The number of benzene rings is 1. The number of aryl methyl sites for hydroxylation is 1. The second-order valence-electron chi connectivity index (χ2n) is 8.28. The van der Waals surface area contributed by atoms with Gasteiger partial charge in [0, 0.05) is 43.7 Å². The van der Waals surface area contributed by atoms with Crippen LogP contribution in [0.25, 0.3) is 0 Å². The monoisotopic (exact) mass is 462 g/mol. The number of amides is 2. The number of carbonyl (C=O) groups excluding carboxylic acids is 2. The Morgan fingerprint density at radius 3 is 2.50 bits per heavy atom. The van der Waals surface area contributed by atoms with Crippen LogP contribution in [0, 0.1) is 16.0 Å². The second-order valence-corrected chi connectivity index (χ2v) is 8.69. The van der Waals surface area contributed by atoms with Crippen LogP contribution in [0.3, 0.4) is 0 Å². The Labute approximate surface area is 193 Å². The van der Waals surface area contributed by atoms with Crippen LogP contribution in [0.5, 0.6) is 0 Å². The fourth-order valence-electron chi connectivity index (χ4n) is 3.38. The van der Waals surface area contributed by atoms with Crippen molar-refractivity contribution in [1.82, 2.24) is 14.4 Å². The zero-order valence-electron chi connectivity index (χ0n) is 19.1. The highest BCUT2D eigenvalue weighted by Crippen LogP contribution is 2.26. The van der Waals surface area contributed by atoms with Gasteiger partial charge in [-0.2, -0.15) is 0 Å². The first-order chi connectivity index (χ1) is 15.1. The highest BCUT2D eigenvalue weighted by atomic mass is 35.5. The van der Waals surface area contributed by atoms with Gasteiger partial charge in [-0.05, 0) is 36.6 Å². The molecule has 1 heterocycles. The number of halogens is 1. The van der Waals surface area contributed by atoms with E-state index in [-0.39, 0.29) is 34.6 Å². The summed E-state index contributed by atoms with van der Waals surface area (Å²) in [7, 11) is 1.93. The van der Waals surface area contributed by atoms with Gasteiger partial charge >= 0.3 is 0 Å². The third-order valence-corrected chi connectivity index (χ3v) is 5.45. The summed E-state index contributed by atoms with van der Waals surface area (Å²) in [5, 5.41) is 11.2. The molecule has 2 rings (SSSR count). The maximum atomic E-state index is 13.2. The first-order valence-electron chi connectivity index (χ1n) is 10.7. The minimum Gasteiger partial charge on any atom is -0.353 e. The number of nitro groups is 1. The van der Waals surface area contributed by atoms with Crippen molar-refractivity contribution in [2.24, 2.45) is 13.0 Å². The molecule has 0 spiro atoms. The molecule has 0 bridgehead atoms. The fraction of sp³-hybridized carbons (Fsp3) is 0.478. The second kappa shape index (κ2) is 11.7. The summed E-state index contributed by atoms with van der Waals surface area (Å²) >= 11 is 5.88. The van der Waals surface area contributed by atoms with Crippen LogP contribution in [0.4, 0.5) is 5.69 Å². The number of nitro benzene ring substituents is 1. The van der Waals surface area contributed by atoms with Crippen molar-refractivity contribution in [2.45, 2.75) is 40.2 Å². The number of unbranched alkanes of at least 4 members (excludes halogenated alkanes) is 1. The molecule has 0 aliphatic heterocycles. The minimum atomic E-state index is -0.620. The molecule has 0 aliphatic rings. The van der Waals surface area contributed by atoms with Crippen LogP contribution in [-0.4, -0.2) is 50.7 Å². The highest BCUT2D eigenvalue weighted by Gasteiger charge is 2.25. The molecule has 0 saturated heterocycles. The first-order valence-corrected chi connectivity index (χ1v) is 11.1. The number of rotatable bonds is 11. The van der Waals surface area contributed by atoms with E-state index in [4.69, 9.17) is 11.6 Å². The average molecular weight is 463 g/mol. The van der Waals surface area contributed by atoms with Crippen molar-refractivity contribution in [3.05, 3.63) is 62.9 Å². The minimum absolute atomic E-state index is 0.0339. The maximum Gasteiger partial charge on any atom is 0.288 e. The molecular weight excluding hydrogens is 432 g/mol. The molecule has 0 fully saturated rings. The molecule has 0 radical (unpaired) electrons. The van der Waals surface area contributed by atoms with E-state index < -0.39 is 10.8 Å². The molecule has 0 aliphatic carbocycles.